The molecule has 1 aromatic carbocycles. The Balaban J connectivity index is 0.00000180. The van der Waals surface area contributed by atoms with Gasteiger partial charge in [-0.05, 0) is 55.6 Å². The lowest BCUT2D eigenvalue weighted by molar-refractivity contribution is 0.457. The number of rotatable bonds is 3. The summed E-state index contributed by atoms with van der Waals surface area (Å²) in [7, 11) is -3.36. The Morgan fingerprint density at radius 1 is 1.21 bits per heavy atom. The fraction of sp³-hybridized carbons (Fsp3) is 0.538. The highest BCUT2D eigenvalue weighted by Crippen LogP contribution is 2.29. The Kier molecular flexibility index (Phi) is 5.82. The molecule has 1 heterocycles. The molecule has 0 aromatic heterocycles. The number of benzene rings is 1. The van der Waals surface area contributed by atoms with Crippen LogP contribution in [0.3, 0.4) is 0 Å². The number of sulfone groups is 1. The Bertz CT molecular complexity index is 543. The molecule has 0 spiro atoms. The zero-order valence-electron chi connectivity index (χ0n) is 11.0. The number of nitrogens with one attached hydrogen (secondary N) is 1. The van der Waals surface area contributed by atoms with Crippen molar-refractivity contribution >= 4 is 26.8 Å². The molecular weight excluding hydrogens is 330 g/mol. The highest BCUT2D eigenvalue weighted by Gasteiger charge is 2.21. The van der Waals surface area contributed by atoms with Gasteiger partial charge in [-0.3, -0.25) is 0 Å². The summed E-state index contributed by atoms with van der Waals surface area (Å²) in [6.45, 7) is 3.54. The van der Waals surface area contributed by atoms with E-state index in [0.717, 1.165) is 37.1 Å². The third-order valence-corrected chi connectivity index (χ3v) is 5.17. The summed E-state index contributed by atoms with van der Waals surface area (Å²) in [5, 5.41) is 13.2. The number of fused-ring (bicyclic) bond motifs is 1. The summed E-state index contributed by atoms with van der Waals surface area (Å²) in [4.78, 5) is 0.0880. The largest absolute Gasteiger partial charge is 0.507 e. The van der Waals surface area contributed by atoms with Crippen LogP contribution in [0.5, 0.6) is 5.75 Å². The van der Waals surface area contributed by atoms with Crippen LogP contribution in [0.15, 0.2) is 17.0 Å². The number of hydrogen-bond acceptors (Lipinski definition) is 4. The van der Waals surface area contributed by atoms with Crippen molar-refractivity contribution in [1.29, 1.82) is 0 Å². The lowest BCUT2D eigenvalue weighted by Crippen LogP contribution is -2.16. The maximum absolute atomic E-state index is 12.0. The molecule has 4 nitrogen and oxygen atoms in total. The zero-order chi connectivity index (χ0) is 13.2. The molecule has 0 unspecified atom stereocenters. The van der Waals surface area contributed by atoms with Crippen LogP contribution < -0.4 is 5.32 Å². The van der Waals surface area contributed by atoms with E-state index in [4.69, 9.17) is 0 Å². The number of hydrogen-bond donors (Lipinski definition) is 2. The van der Waals surface area contributed by atoms with Crippen LogP contribution >= 0.6 is 17.0 Å². The van der Waals surface area contributed by atoms with Crippen LogP contribution in [-0.4, -0.2) is 32.4 Å². The number of aromatic hydroxyl groups is 1. The molecule has 108 valence electrons. The molecule has 0 saturated heterocycles. The summed E-state index contributed by atoms with van der Waals surface area (Å²) in [6.07, 6.45) is 2.20. The molecule has 0 saturated carbocycles. The maximum Gasteiger partial charge on any atom is 0.182 e. The van der Waals surface area contributed by atoms with E-state index in [0.29, 0.717) is 6.42 Å². The molecule has 0 aliphatic carbocycles. The molecular formula is C13H20BrNO3S. The van der Waals surface area contributed by atoms with Gasteiger partial charge in [0.15, 0.2) is 9.84 Å². The molecule has 0 radical (unpaired) electrons. The standard InChI is InChI=1S/C13H19NO3S.BrH/c1-2-7-18(16,17)13-9-11-4-6-14-5-3-10(11)8-12(13)15;/h8-9,14-15H,2-7H2,1H3;1H. The van der Waals surface area contributed by atoms with Crippen molar-refractivity contribution in [2.24, 2.45) is 0 Å². The molecule has 1 aliphatic heterocycles. The second kappa shape index (κ2) is 6.72. The third kappa shape index (κ3) is 3.70. The molecule has 0 fully saturated rings. The lowest BCUT2D eigenvalue weighted by Gasteiger charge is -2.11. The highest BCUT2D eigenvalue weighted by atomic mass is 79.9. The van der Waals surface area contributed by atoms with Crippen molar-refractivity contribution in [2.75, 3.05) is 18.8 Å². The Morgan fingerprint density at radius 3 is 2.37 bits per heavy atom. The SMILES string of the molecule is Br.CCCS(=O)(=O)c1cc2c(cc1O)CCNCC2. The van der Waals surface area contributed by atoms with Crippen LogP contribution in [0.4, 0.5) is 0 Å². The smallest absolute Gasteiger partial charge is 0.182 e. The van der Waals surface area contributed by atoms with Gasteiger partial charge in [-0.2, -0.15) is 0 Å². The molecule has 6 heteroatoms. The first-order valence-electron chi connectivity index (χ1n) is 6.33. The van der Waals surface area contributed by atoms with Gasteiger partial charge in [-0.25, -0.2) is 8.42 Å². The fourth-order valence-corrected chi connectivity index (χ4v) is 3.77. The van der Waals surface area contributed by atoms with E-state index in [2.05, 4.69) is 5.32 Å². The molecule has 1 aliphatic rings. The van der Waals surface area contributed by atoms with Gasteiger partial charge in [0.2, 0.25) is 0 Å². The van der Waals surface area contributed by atoms with Gasteiger partial charge in [-0.1, -0.05) is 6.92 Å². The maximum atomic E-state index is 12.0. The van der Waals surface area contributed by atoms with Gasteiger partial charge in [0.25, 0.3) is 0 Å². The first-order valence-corrected chi connectivity index (χ1v) is 7.98. The lowest BCUT2D eigenvalue weighted by atomic mass is 10.0. The van der Waals surface area contributed by atoms with E-state index in [1.54, 1.807) is 12.1 Å². The Morgan fingerprint density at radius 2 is 1.79 bits per heavy atom. The normalized spacial score (nSPS) is 15.2. The summed E-state index contributed by atoms with van der Waals surface area (Å²) in [5.74, 6) is -0.0264. The molecule has 0 amide bonds. The molecule has 0 bridgehead atoms. The van der Waals surface area contributed by atoms with E-state index < -0.39 is 9.84 Å². The number of phenols is 1. The van der Waals surface area contributed by atoms with Crippen molar-refractivity contribution in [2.45, 2.75) is 31.1 Å². The second-order valence-electron chi connectivity index (χ2n) is 4.66. The average molecular weight is 350 g/mol. The highest BCUT2D eigenvalue weighted by molar-refractivity contribution is 8.93. The second-order valence-corrected chi connectivity index (χ2v) is 6.74. The minimum absolute atomic E-state index is 0. The Hall–Kier alpha value is -0.590. The topological polar surface area (TPSA) is 66.4 Å². The molecule has 19 heavy (non-hydrogen) atoms. The van der Waals surface area contributed by atoms with E-state index >= 15 is 0 Å². The molecule has 2 rings (SSSR count). The van der Waals surface area contributed by atoms with Gasteiger partial charge < -0.3 is 10.4 Å². The van der Waals surface area contributed by atoms with Crippen LogP contribution in [-0.2, 0) is 22.7 Å². The van der Waals surface area contributed by atoms with Crippen LogP contribution in [0.1, 0.15) is 24.5 Å². The number of phenolic OH excluding ortho intramolecular Hbond substituents is 1. The van der Waals surface area contributed by atoms with E-state index in [-0.39, 0.29) is 33.4 Å². The van der Waals surface area contributed by atoms with E-state index in [1.165, 1.54) is 0 Å². The monoisotopic (exact) mass is 349 g/mol. The molecule has 0 atom stereocenters. The van der Waals surface area contributed by atoms with Crippen LogP contribution in [0, 0.1) is 0 Å². The molecule has 1 aromatic rings. The van der Waals surface area contributed by atoms with Gasteiger partial charge in [-0.15, -0.1) is 17.0 Å². The first kappa shape index (κ1) is 16.5. The van der Waals surface area contributed by atoms with Crippen molar-refractivity contribution in [1.82, 2.24) is 5.32 Å². The van der Waals surface area contributed by atoms with Crippen molar-refractivity contribution in [3.63, 3.8) is 0 Å². The molecule has 2 N–H and O–H groups in total. The van der Waals surface area contributed by atoms with Crippen molar-refractivity contribution < 1.29 is 13.5 Å². The quantitative estimate of drug-likeness (QED) is 0.873. The Labute approximate surface area is 124 Å². The fourth-order valence-electron chi connectivity index (χ4n) is 2.32. The first-order chi connectivity index (χ1) is 8.54. The number of halogens is 1. The summed E-state index contributed by atoms with van der Waals surface area (Å²) < 4.78 is 24.1. The average Bonchev–Trinajstić information content (AvgIpc) is 2.52. The van der Waals surface area contributed by atoms with Gasteiger partial charge in [0.1, 0.15) is 10.6 Å². The van der Waals surface area contributed by atoms with Crippen molar-refractivity contribution in [3.05, 3.63) is 23.3 Å². The van der Waals surface area contributed by atoms with Gasteiger partial charge >= 0.3 is 0 Å². The predicted octanol–water partition coefficient (Wildman–Crippen LogP) is 1.84. The van der Waals surface area contributed by atoms with Gasteiger partial charge in [0.05, 0.1) is 5.75 Å². The zero-order valence-corrected chi connectivity index (χ0v) is 13.5. The van der Waals surface area contributed by atoms with E-state index in [9.17, 15) is 13.5 Å². The minimum atomic E-state index is -3.36. The summed E-state index contributed by atoms with van der Waals surface area (Å²) in [5.41, 5.74) is 2.08. The van der Waals surface area contributed by atoms with Gasteiger partial charge in [0, 0.05) is 0 Å². The van der Waals surface area contributed by atoms with Crippen LogP contribution in [0.25, 0.3) is 0 Å². The van der Waals surface area contributed by atoms with E-state index in [1.807, 2.05) is 6.92 Å². The predicted molar refractivity (Wildman–Crippen MR) is 81.1 cm³/mol. The minimum Gasteiger partial charge on any atom is -0.507 e. The summed E-state index contributed by atoms with van der Waals surface area (Å²) >= 11 is 0. The van der Waals surface area contributed by atoms with Crippen molar-refractivity contribution in [3.8, 4) is 5.75 Å². The van der Waals surface area contributed by atoms with Crippen LogP contribution in [0.2, 0.25) is 0 Å². The summed E-state index contributed by atoms with van der Waals surface area (Å²) in [6, 6.07) is 3.27. The third-order valence-electron chi connectivity index (χ3n) is 3.23.